The largest absolute Gasteiger partial charge is 0.348 e. The van der Waals surface area contributed by atoms with Crippen molar-refractivity contribution in [2.45, 2.75) is 57.4 Å². The Morgan fingerprint density at radius 2 is 2.06 bits per heavy atom. The van der Waals surface area contributed by atoms with Crippen molar-refractivity contribution in [2.24, 2.45) is 0 Å². The first-order valence-corrected chi connectivity index (χ1v) is 10.7. The van der Waals surface area contributed by atoms with E-state index in [9.17, 15) is 13.6 Å². The second-order valence-corrected chi connectivity index (χ2v) is 9.08. The number of amides is 1. The normalized spacial score (nSPS) is 24.3. The van der Waals surface area contributed by atoms with Gasteiger partial charge in [0.15, 0.2) is 5.82 Å². The van der Waals surface area contributed by atoms with Crippen LogP contribution in [0.1, 0.15) is 48.8 Å². The molecule has 1 aliphatic heterocycles. The van der Waals surface area contributed by atoms with Crippen LogP contribution in [0.15, 0.2) is 18.3 Å². The molecule has 0 atom stereocenters. The van der Waals surface area contributed by atoms with Crippen LogP contribution in [0.25, 0.3) is 22.0 Å². The van der Waals surface area contributed by atoms with E-state index in [2.05, 4.69) is 25.5 Å². The molecule has 3 heterocycles. The van der Waals surface area contributed by atoms with Crippen LogP contribution in [0.2, 0.25) is 0 Å². The number of aromatic amines is 1. The highest BCUT2D eigenvalue weighted by molar-refractivity contribution is 6.06. The average molecular weight is 428 g/mol. The van der Waals surface area contributed by atoms with E-state index >= 15 is 0 Å². The summed E-state index contributed by atoms with van der Waals surface area (Å²) in [6.45, 7) is 4.03. The number of aromatic nitrogens is 4. The van der Waals surface area contributed by atoms with Gasteiger partial charge in [-0.05, 0) is 57.4 Å². The molecule has 7 nitrogen and oxygen atoms in total. The molecule has 9 heteroatoms. The molecule has 0 bridgehead atoms. The predicted octanol–water partition coefficient (Wildman–Crippen LogP) is 3.41. The molecule has 0 unspecified atom stereocenters. The second-order valence-electron chi connectivity index (χ2n) is 9.08. The fourth-order valence-corrected chi connectivity index (χ4v) is 4.64. The lowest BCUT2D eigenvalue weighted by Crippen LogP contribution is -2.40. The molecule has 0 saturated heterocycles. The number of hydrogen-bond donors (Lipinski definition) is 2. The molecular weight excluding hydrogens is 402 g/mol. The lowest BCUT2D eigenvalue weighted by Gasteiger charge is -2.31. The Hall–Kier alpha value is -2.81. The highest BCUT2D eigenvalue weighted by Crippen LogP contribution is 2.33. The number of H-pyrrole nitrogens is 1. The number of halogens is 2. The summed E-state index contributed by atoms with van der Waals surface area (Å²) in [7, 11) is 2.04. The molecule has 1 aromatic carbocycles. The standard InChI is InChI=1S/C22H26F2N6O/c1-22(24)5-3-14(4-6-22)26-21(31)20-15-9-13(10-17(23)19(15)27-28-20)16-11-25-30-8-7-29(2)12-18(16)30/h9-11,14H,3-8,12H2,1-2H3,(H,26,31)(H,27,28). The van der Waals surface area contributed by atoms with Crippen LogP contribution < -0.4 is 5.32 Å². The van der Waals surface area contributed by atoms with Crippen molar-refractivity contribution in [3.8, 4) is 11.1 Å². The van der Waals surface area contributed by atoms with E-state index in [1.165, 1.54) is 6.07 Å². The van der Waals surface area contributed by atoms with Crippen molar-refractivity contribution >= 4 is 16.8 Å². The minimum atomic E-state index is -1.17. The third-order valence-corrected chi connectivity index (χ3v) is 6.58. The van der Waals surface area contributed by atoms with Crippen LogP contribution in [-0.2, 0) is 13.1 Å². The SMILES string of the molecule is CN1CCn2ncc(-c3cc(F)c4n[nH]c(C(=O)NC5CCC(C)(F)CC5)c4c3)c2C1. The fourth-order valence-electron chi connectivity index (χ4n) is 4.64. The fraction of sp³-hybridized carbons (Fsp3) is 0.500. The van der Waals surface area contributed by atoms with E-state index in [0.29, 0.717) is 36.6 Å². The second kappa shape index (κ2) is 7.40. The zero-order valence-corrected chi connectivity index (χ0v) is 17.7. The maximum Gasteiger partial charge on any atom is 0.270 e. The molecule has 1 aliphatic carbocycles. The molecule has 1 amide bonds. The van der Waals surface area contributed by atoms with Crippen LogP contribution in [0, 0.1) is 5.82 Å². The quantitative estimate of drug-likeness (QED) is 0.670. The Bertz CT molecular complexity index is 1140. The number of carbonyl (C=O) groups is 1. The first kappa shape index (κ1) is 20.1. The van der Waals surface area contributed by atoms with E-state index in [0.717, 1.165) is 30.9 Å². The number of carbonyl (C=O) groups excluding carboxylic acids is 1. The average Bonchev–Trinajstić information content (AvgIpc) is 3.33. The van der Waals surface area contributed by atoms with Gasteiger partial charge in [0.25, 0.3) is 5.91 Å². The van der Waals surface area contributed by atoms with Crippen molar-refractivity contribution in [3.63, 3.8) is 0 Å². The Morgan fingerprint density at radius 3 is 2.84 bits per heavy atom. The van der Waals surface area contributed by atoms with Gasteiger partial charge in [-0.25, -0.2) is 8.78 Å². The molecule has 5 rings (SSSR count). The van der Waals surface area contributed by atoms with Crippen LogP contribution in [0.4, 0.5) is 8.78 Å². The summed E-state index contributed by atoms with van der Waals surface area (Å²) in [5, 5.41) is 14.6. The Balaban J connectivity index is 1.46. The number of benzene rings is 1. The molecule has 31 heavy (non-hydrogen) atoms. The van der Waals surface area contributed by atoms with Crippen molar-refractivity contribution in [2.75, 3.05) is 13.6 Å². The number of fused-ring (bicyclic) bond motifs is 2. The number of alkyl halides is 1. The van der Waals surface area contributed by atoms with Crippen LogP contribution in [-0.4, -0.2) is 56.1 Å². The highest BCUT2D eigenvalue weighted by Gasteiger charge is 2.32. The summed E-state index contributed by atoms with van der Waals surface area (Å²) < 4.78 is 30.9. The Labute approximate surface area is 178 Å². The van der Waals surface area contributed by atoms with E-state index in [1.807, 2.05) is 11.7 Å². The number of nitrogens with one attached hydrogen (secondary N) is 2. The van der Waals surface area contributed by atoms with Gasteiger partial charge in [-0.3, -0.25) is 19.5 Å². The van der Waals surface area contributed by atoms with E-state index in [1.54, 1.807) is 19.2 Å². The van der Waals surface area contributed by atoms with Crippen molar-refractivity contribution < 1.29 is 13.6 Å². The molecule has 0 radical (unpaired) electrons. The molecule has 1 saturated carbocycles. The van der Waals surface area contributed by atoms with E-state index in [4.69, 9.17) is 0 Å². The van der Waals surface area contributed by atoms with Crippen molar-refractivity contribution in [3.05, 3.63) is 35.5 Å². The third-order valence-electron chi connectivity index (χ3n) is 6.58. The lowest BCUT2D eigenvalue weighted by atomic mass is 9.85. The molecule has 164 valence electrons. The number of hydrogen-bond acceptors (Lipinski definition) is 4. The van der Waals surface area contributed by atoms with Crippen LogP contribution in [0.5, 0.6) is 0 Å². The smallest absolute Gasteiger partial charge is 0.270 e. The van der Waals surface area contributed by atoms with Crippen molar-refractivity contribution in [1.29, 1.82) is 0 Å². The monoisotopic (exact) mass is 428 g/mol. The third kappa shape index (κ3) is 3.71. The Morgan fingerprint density at radius 1 is 1.29 bits per heavy atom. The summed E-state index contributed by atoms with van der Waals surface area (Å²) in [5.74, 6) is -0.832. The van der Waals surface area contributed by atoms with Crippen LogP contribution in [0.3, 0.4) is 0 Å². The van der Waals surface area contributed by atoms with E-state index in [-0.39, 0.29) is 23.2 Å². The van der Waals surface area contributed by atoms with Crippen molar-refractivity contribution in [1.82, 2.24) is 30.2 Å². The van der Waals surface area contributed by atoms with Gasteiger partial charge in [-0.1, -0.05) is 0 Å². The summed E-state index contributed by atoms with van der Waals surface area (Å²) >= 11 is 0. The maximum absolute atomic E-state index is 14.9. The molecule has 2 aromatic heterocycles. The summed E-state index contributed by atoms with van der Waals surface area (Å²) in [5.41, 5.74) is 1.74. The van der Waals surface area contributed by atoms with Gasteiger partial charge >= 0.3 is 0 Å². The summed E-state index contributed by atoms with van der Waals surface area (Å²) in [4.78, 5) is 15.1. The van der Waals surface area contributed by atoms with E-state index < -0.39 is 11.5 Å². The van der Waals surface area contributed by atoms with Crippen LogP contribution >= 0.6 is 0 Å². The van der Waals surface area contributed by atoms with Gasteiger partial charge in [0, 0.05) is 30.1 Å². The molecular formula is C22H26F2N6O. The maximum atomic E-state index is 14.9. The zero-order chi connectivity index (χ0) is 21.8. The lowest BCUT2D eigenvalue weighted by molar-refractivity contribution is 0.0847. The summed E-state index contributed by atoms with van der Waals surface area (Å²) in [6, 6.07) is 3.14. The zero-order valence-electron chi connectivity index (χ0n) is 17.7. The molecule has 1 fully saturated rings. The van der Waals surface area contributed by atoms with Gasteiger partial charge in [0.05, 0.1) is 18.4 Å². The number of rotatable bonds is 3. The first-order chi connectivity index (χ1) is 14.8. The molecule has 2 N–H and O–H groups in total. The minimum absolute atomic E-state index is 0.0964. The summed E-state index contributed by atoms with van der Waals surface area (Å²) in [6.07, 6.45) is 3.76. The highest BCUT2D eigenvalue weighted by atomic mass is 19.1. The molecule has 0 spiro atoms. The van der Waals surface area contributed by atoms with Gasteiger partial charge in [0.1, 0.15) is 16.9 Å². The number of nitrogens with zero attached hydrogens (tertiary/aromatic N) is 4. The van der Waals surface area contributed by atoms with Gasteiger partial charge in [0.2, 0.25) is 0 Å². The van der Waals surface area contributed by atoms with Gasteiger partial charge in [-0.15, -0.1) is 0 Å². The topological polar surface area (TPSA) is 78.8 Å². The first-order valence-electron chi connectivity index (χ1n) is 10.7. The predicted molar refractivity (Wildman–Crippen MR) is 113 cm³/mol. The molecule has 3 aromatic rings. The van der Waals surface area contributed by atoms with Gasteiger partial charge in [-0.2, -0.15) is 10.2 Å². The number of likely N-dealkylation sites (N-methyl/N-ethyl adjacent to an activating group) is 1. The minimum Gasteiger partial charge on any atom is -0.348 e. The molecule has 2 aliphatic rings. The Kier molecular flexibility index (Phi) is 4.80. The van der Waals surface area contributed by atoms with Gasteiger partial charge < -0.3 is 5.32 Å².